The molecular formula is C51H31N3OS. The SMILES string of the molecule is c1ccc(-c2ccc(-c3cccc4c3oc3cccc(-c5nc(-c6ccccc6)nc(-c6cccc7c6sc6c(-c8ccccc8)cccc67)n5)c34)cc2)cc1. The van der Waals surface area contributed by atoms with E-state index in [1.807, 2.05) is 36.4 Å². The van der Waals surface area contributed by atoms with Gasteiger partial charge in [0.15, 0.2) is 17.5 Å². The van der Waals surface area contributed by atoms with Crippen molar-refractivity contribution in [3.8, 4) is 67.5 Å². The van der Waals surface area contributed by atoms with Crippen molar-refractivity contribution < 1.29 is 4.42 Å². The van der Waals surface area contributed by atoms with Crippen molar-refractivity contribution in [1.29, 1.82) is 0 Å². The molecule has 0 radical (unpaired) electrons. The second kappa shape index (κ2) is 13.3. The van der Waals surface area contributed by atoms with Gasteiger partial charge in [-0.2, -0.15) is 0 Å². The Kier molecular flexibility index (Phi) is 7.64. The summed E-state index contributed by atoms with van der Waals surface area (Å²) >= 11 is 1.80. The molecule has 56 heavy (non-hydrogen) atoms. The van der Waals surface area contributed by atoms with E-state index >= 15 is 0 Å². The van der Waals surface area contributed by atoms with Crippen LogP contribution in [-0.4, -0.2) is 15.0 Å². The highest BCUT2D eigenvalue weighted by atomic mass is 32.1. The molecule has 4 nitrogen and oxygen atoms in total. The van der Waals surface area contributed by atoms with Crippen LogP contribution in [0.25, 0.3) is 110 Å². The summed E-state index contributed by atoms with van der Waals surface area (Å²) in [6.45, 7) is 0. The van der Waals surface area contributed by atoms with Crippen LogP contribution in [0.5, 0.6) is 0 Å². The van der Waals surface area contributed by atoms with Crippen molar-refractivity contribution in [2.45, 2.75) is 0 Å². The second-order valence-corrected chi connectivity index (χ2v) is 14.9. The molecule has 0 atom stereocenters. The highest BCUT2D eigenvalue weighted by Gasteiger charge is 2.21. The topological polar surface area (TPSA) is 51.8 Å². The maximum absolute atomic E-state index is 6.71. The maximum atomic E-state index is 6.71. The minimum Gasteiger partial charge on any atom is -0.455 e. The molecule has 0 bridgehead atoms. The lowest BCUT2D eigenvalue weighted by atomic mass is 9.98. The number of benzene rings is 8. The van der Waals surface area contributed by atoms with Gasteiger partial charge in [-0.25, -0.2) is 15.0 Å². The molecule has 11 rings (SSSR count). The molecule has 262 valence electrons. The number of aromatic nitrogens is 3. The summed E-state index contributed by atoms with van der Waals surface area (Å²) in [6.07, 6.45) is 0. The van der Waals surface area contributed by atoms with Crippen molar-refractivity contribution in [3.63, 3.8) is 0 Å². The number of nitrogens with zero attached hydrogens (tertiary/aromatic N) is 3. The summed E-state index contributed by atoms with van der Waals surface area (Å²) in [4.78, 5) is 15.6. The average Bonchev–Trinajstić information content (AvgIpc) is 3.86. The van der Waals surface area contributed by atoms with Crippen LogP contribution < -0.4 is 0 Å². The lowest BCUT2D eigenvalue weighted by Crippen LogP contribution is -2.00. The third kappa shape index (κ3) is 5.40. The third-order valence-electron chi connectivity index (χ3n) is 10.6. The Morgan fingerprint density at radius 3 is 1.48 bits per heavy atom. The zero-order chi connectivity index (χ0) is 37.0. The van der Waals surface area contributed by atoms with Gasteiger partial charge in [0.05, 0.1) is 0 Å². The highest BCUT2D eigenvalue weighted by molar-refractivity contribution is 7.26. The molecule has 0 aliphatic carbocycles. The summed E-state index contributed by atoms with van der Waals surface area (Å²) in [7, 11) is 0. The molecule has 3 heterocycles. The molecule has 0 unspecified atom stereocenters. The Morgan fingerprint density at radius 1 is 0.321 bits per heavy atom. The number of rotatable bonds is 6. The largest absolute Gasteiger partial charge is 0.455 e. The van der Waals surface area contributed by atoms with Crippen molar-refractivity contribution in [3.05, 3.63) is 188 Å². The van der Waals surface area contributed by atoms with E-state index in [9.17, 15) is 0 Å². The molecule has 11 aromatic rings. The van der Waals surface area contributed by atoms with Gasteiger partial charge in [0.1, 0.15) is 11.2 Å². The zero-order valence-electron chi connectivity index (χ0n) is 30.1. The molecular weight excluding hydrogens is 703 g/mol. The van der Waals surface area contributed by atoms with E-state index in [2.05, 4.69) is 152 Å². The average molecular weight is 734 g/mol. The molecule has 8 aromatic carbocycles. The first-order chi connectivity index (χ1) is 27.8. The highest BCUT2D eigenvalue weighted by Crippen LogP contribution is 2.44. The first kappa shape index (κ1) is 32.2. The molecule has 0 aliphatic heterocycles. The smallest absolute Gasteiger partial charge is 0.165 e. The number of hydrogen-bond donors (Lipinski definition) is 0. The Bertz CT molecular complexity index is 3230. The van der Waals surface area contributed by atoms with E-state index in [-0.39, 0.29) is 0 Å². The minimum absolute atomic E-state index is 0.600. The fraction of sp³-hybridized carbons (Fsp3) is 0. The quantitative estimate of drug-likeness (QED) is 0.171. The van der Waals surface area contributed by atoms with E-state index in [0.717, 1.165) is 54.5 Å². The first-order valence-corrected chi connectivity index (χ1v) is 19.5. The number of fused-ring (bicyclic) bond motifs is 6. The van der Waals surface area contributed by atoms with Crippen LogP contribution in [0.1, 0.15) is 0 Å². The lowest BCUT2D eigenvalue weighted by Gasteiger charge is -2.10. The van der Waals surface area contributed by atoms with Crippen LogP contribution in [0, 0.1) is 0 Å². The molecule has 0 saturated carbocycles. The van der Waals surface area contributed by atoms with Crippen molar-refractivity contribution in [1.82, 2.24) is 15.0 Å². The van der Waals surface area contributed by atoms with Gasteiger partial charge in [0, 0.05) is 53.2 Å². The Labute approximate surface area is 327 Å². The molecule has 0 aliphatic rings. The van der Waals surface area contributed by atoms with E-state index < -0.39 is 0 Å². The Hall–Kier alpha value is -7.21. The van der Waals surface area contributed by atoms with Gasteiger partial charge in [-0.1, -0.05) is 176 Å². The van der Waals surface area contributed by atoms with Gasteiger partial charge >= 0.3 is 0 Å². The van der Waals surface area contributed by atoms with E-state index in [4.69, 9.17) is 19.4 Å². The van der Waals surface area contributed by atoms with Gasteiger partial charge in [0.25, 0.3) is 0 Å². The minimum atomic E-state index is 0.600. The van der Waals surface area contributed by atoms with Gasteiger partial charge in [-0.05, 0) is 39.9 Å². The zero-order valence-corrected chi connectivity index (χ0v) is 30.9. The van der Waals surface area contributed by atoms with Crippen molar-refractivity contribution >= 4 is 53.4 Å². The third-order valence-corrected chi connectivity index (χ3v) is 11.9. The summed E-state index contributed by atoms with van der Waals surface area (Å²) < 4.78 is 9.11. The molecule has 5 heteroatoms. The summed E-state index contributed by atoms with van der Waals surface area (Å²) in [5.74, 6) is 1.86. The number of hydrogen-bond acceptors (Lipinski definition) is 5. The monoisotopic (exact) mass is 733 g/mol. The van der Waals surface area contributed by atoms with Crippen LogP contribution in [0.15, 0.2) is 192 Å². The first-order valence-electron chi connectivity index (χ1n) is 18.7. The maximum Gasteiger partial charge on any atom is 0.165 e. The van der Waals surface area contributed by atoms with Crippen LogP contribution >= 0.6 is 11.3 Å². The predicted molar refractivity (Wildman–Crippen MR) is 233 cm³/mol. The number of furan rings is 1. The standard InChI is InChI=1S/C51H31N3OS/c1-4-14-32(15-5-1)33-28-30-35(31-29-33)37-20-10-24-41-45-42(25-13-27-44(45)55-46(37)41)50-52-49(36-18-8-3-9-19-36)53-51(54-50)43-26-12-23-40-39-22-11-21-38(47(39)56-48(40)43)34-16-6-2-7-17-34/h1-31H. The van der Waals surface area contributed by atoms with E-state index in [1.54, 1.807) is 11.3 Å². The normalized spacial score (nSPS) is 11.6. The summed E-state index contributed by atoms with van der Waals surface area (Å²) in [5, 5.41) is 4.42. The predicted octanol–water partition coefficient (Wildman–Crippen LogP) is 14.1. The molecule has 3 aromatic heterocycles. The summed E-state index contributed by atoms with van der Waals surface area (Å²) in [6, 6.07) is 65.5. The molecule has 0 amide bonds. The number of thiophene rings is 1. The fourth-order valence-electron chi connectivity index (χ4n) is 7.91. The van der Waals surface area contributed by atoms with Crippen LogP contribution in [0.3, 0.4) is 0 Å². The van der Waals surface area contributed by atoms with Gasteiger partial charge < -0.3 is 4.42 Å². The van der Waals surface area contributed by atoms with Gasteiger partial charge in [0.2, 0.25) is 0 Å². The van der Waals surface area contributed by atoms with Crippen molar-refractivity contribution in [2.75, 3.05) is 0 Å². The fourth-order valence-corrected chi connectivity index (χ4v) is 9.25. The van der Waals surface area contributed by atoms with Gasteiger partial charge in [-0.3, -0.25) is 0 Å². The van der Waals surface area contributed by atoms with Crippen molar-refractivity contribution in [2.24, 2.45) is 0 Å². The van der Waals surface area contributed by atoms with Crippen LogP contribution in [-0.2, 0) is 0 Å². The molecule has 0 saturated heterocycles. The Balaban J connectivity index is 1.10. The van der Waals surface area contributed by atoms with Crippen LogP contribution in [0.2, 0.25) is 0 Å². The second-order valence-electron chi connectivity index (χ2n) is 13.9. The molecule has 0 spiro atoms. The lowest BCUT2D eigenvalue weighted by molar-refractivity contribution is 0.670. The molecule has 0 fully saturated rings. The van der Waals surface area contributed by atoms with E-state index in [0.29, 0.717) is 17.5 Å². The van der Waals surface area contributed by atoms with E-state index in [1.165, 1.54) is 37.7 Å². The number of para-hydroxylation sites is 1. The van der Waals surface area contributed by atoms with Crippen LogP contribution in [0.4, 0.5) is 0 Å². The van der Waals surface area contributed by atoms with Gasteiger partial charge in [-0.15, -0.1) is 11.3 Å². The summed E-state index contributed by atoms with van der Waals surface area (Å²) in [5.41, 5.74) is 11.4. The Morgan fingerprint density at radius 2 is 0.786 bits per heavy atom. The molecule has 0 N–H and O–H groups in total.